The molecule has 2 fully saturated rings. The fraction of sp³-hybridized carbons (Fsp3) is 0.400. The van der Waals surface area contributed by atoms with E-state index >= 15 is 0 Å². The average Bonchev–Trinajstić information content (AvgIpc) is 2.90. The fourth-order valence-corrected chi connectivity index (χ4v) is 5.60. The highest BCUT2D eigenvalue weighted by Gasteiger charge is 2.27. The largest absolute Gasteiger partial charge is 0.380 e. The number of rotatable bonds is 6. The Morgan fingerprint density at radius 1 is 1.00 bits per heavy atom. The molecule has 0 radical (unpaired) electrons. The van der Waals surface area contributed by atoms with Gasteiger partial charge < -0.3 is 15.5 Å². The predicted octanol–water partition coefficient (Wildman–Crippen LogP) is 4.79. The summed E-state index contributed by atoms with van der Waals surface area (Å²) in [6.45, 7) is 8.69. The first-order valence-corrected chi connectivity index (χ1v) is 13.3. The molecule has 1 amide bonds. The monoisotopic (exact) mass is 501 g/mol. The molecule has 0 saturated carbocycles. The lowest BCUT2D eigenvalue weighted by molar-refractivity contribution is 0.0713. The van der Waals surface area contributed by atoms with Crippen molar-refractivity contribution in [3.63, 3.8) is 0 Å². The minimum absolute atomic E-state index is 0.0483. The standard InChI is InChI=1S/C30H36FN5O/c1-21-18-35(19-22(2)33-21)20-23-9-11-24(12-10-23)26-6-5-15-32-29(26)30(37)36-16-13-25(14-17-36)34-28-8-4-3-7-27(28)31/h3-12,15,21-22,25,33-34H,13-14,16-20H2,1-2H3/t21-,22+. The van der Waals surface area contributed by atoms with Crippen LogP contribution in [0.2, 0.25) is 0 Å². The summed E-state index contributed by atoms with van der Waals surface area (Å²) in [6.07, 6.45) is 3.21. The number of pyridine rings is 1. The number of anilines is 1. The molecule has 2 N–H and O–H groups in total. The Balaban J connectivity index is 1.23. The minimum atomic E-state index is -0.248. The van der Waals surface area contributed by atoms with Crippen LogP contribution in [0.3, 0.4) is 0 Å². The van der Waals surface area contributed by atoms with Crippen LogP contribution in [0.15, 0.2) is 66.9 Å². The number of aromatic nitrogens is 1. The minimum Gasteiger partial charge on any atom is -0.380 e. The Labute approximate surface area is 218 Å². The van der Waals surface area contributed by atoms with E-state index in [2.05, 4.69) is 58.6 Å². The number of halogens is 1. The van der Waals surface area contributed by atoms with Gasteiger partial charge in [0.25, 0.3) is 5.91 Å². The van der Waals surface area contributed by atoms with Gasteiger partial charge in [0, 0.05) is 62.6 Å². The van der Waals surface area contributed by atoms with E-state index in [1.807, 2.05) is 23.1 Å². The number of benzene rings is 2. The van der Waals surface area contributed by atoms with Crippen LogP contribution in [0.1, 0.15) is 42.7 Å². The van der Waals surface area contributed by atoms with Crippen LogP contribution < -0.4 is 10.6 Å². The highest BCUT2D eigenvalue weighted by atomic mass is 19.1. The molecule has 2 atom stereocenters. The van der Waals surface area contributed by atoms with Crippen molar-refractivity contribution in [2.24, 2.45) is 0 Å². The number of nitrogens with one attached hydrogen (secondary N) is 2. The Hall–Kier alpha value is -3.29. The number of piperazine rings is 1. The zero-order valence-corrected chi connectivity index (χ0v) is 21.7. The van der Waals surface area contributed by atoms with E-state index < -0.39 is 0 Å². The van der Waals surface area contributed by atoms with Gasteiger partial charge in [-0.05, 0) is 56.0 Å². The van der Waals surface area contributed by atoms with Crippen LogP contribution in [-0.4, -0.2) is 65.0 Å². The molecule has 2 aromatic carbocycles. The summed E-state index contributed by atoms with van der Waals surface area (Å²) in [5.41, 5.74) is 4.13. The molecule has 7 heteroatoms. The van der Waals surface area contributed by atoms with Crippen molar-refractivity contribution >= 4 is 11.6 Å². The SMILES string of the molecule is C[C@@H]1CN(Cc2ccc(-c3cccnc3C(=O)N3CCC(Nc4ccccc4F)CC3)cc2)C[C@H](C)N1. The van der Waals surface area contributed by atoms with Gasteiger partial charge in [0.1, 0.15) is 11.5 Å². The van der Waals surface area contributed by atoms with Gasteiger partial charge in [-0.25, -0.2) is 4.39 Å². The molecular weight excluding hydrogens is 465 g/mol. The van der Waals surface area contributed by atoms with Gasteiger partial charge in [0.2, 0.25) is 0 Å². The van der Waals surface area contributed by atoms with Gasteiger partial charge in [-0.2, -0.15) is 0 Å². The van der Waals surface area contributed by atoms with Crippen LogP contribution in [0.5, 0.6) is 0 Å². The number of para-hydroxylation sites is 1. The molecule has 3 heterocycles. The molecular formula is C30H36FN5O. The van der Waals surface area contributed by atoms with Crippen LogP contribution in [0.25, 0.3) is 11.1 Å². The highest BCUT2D eigenvalue weighted by Crippen LogP contribution is 2.26. The number of hydrogen-bond acceptors (Lipinski definition) is 5. The molecule has 1 aromatic heterocycles. The molecule has 2 aliphatic heterocycles. The number of carbonyl (C=O) groups is 1. The normalized spacial score (nSPS) is 21.1. The maximum atomic E-state index is 14.0. The number of amides is 1. The van der Waals surface area contributed by atoms with E-state index in [0.29, 0.717) is 36.6 Å². The first-order valence-electron chi connectivity index (χ1n) is 13.3. The summed E-state index contributed by atoms with van der Waals surface area (Å²) in [5.74, 6) is -0.296. The third kappa shape index (κ3) is 6.17. The summed E-state index contributed by atoms with van der Waals surface area (Å²) >= 11 is 0. The van der Waals surface area contributed by atoms with Crippen LogP contribution in [-0.2, 0) is 6.54 Å². The third-order valence-electron chi connectivity index (χ3n) is 7.33. The molecule has 0 unspecified atom stereocenters. The quantitative estimate of drug-likeness (QED) is 0.509. The van der Waals surface area contributed by atoms with Crippen molar-refractivity contribution in [2.45, 2.75) is 51.4 Å². The molecule has 37 heavy (non-hydrogen) atoms. The number of hydrogen-bond donors (Lipinski definition) is 2. The van der Waals surface area contributed by atoms with Crippen molar-refractivity contribution in [1.82, 2.24) is 20.1 Å². The molecule has 0 bridgehead atoms. The lowest BCUT2D eigenvalue weighted by Gasteiger charge is -2.36. The van der Waals surface area contributed by atoms with E-state index in [1.54, 1.807) is 18.3 Å². The number of piperidine rings is 1. The van der Waals surface area contributed by atoms with Crippen LogP contribution >= 0.6 is 0 Å². The lowest BCUT2D eigenvalue weighted by Crippen LogP contribution is -2.53. The molecule has 2 saturated heterocycles. The fourth-order valence-electron chi connectivity index (χ4n) is 5.60. The smallest absolute Gasteiger partial charge is 0.273 e. The van der Waals surface area contributed by atoms with Crippen LogP contribution in [0, 0.1) is 5.82 Å². The van der Waals surface area contributed by atoms with E-state index in [-0.39, 0.29) is 17.8 Å². The molecule has 2 aliphatic rings. The summed E-state index contributed by atoms with van der Waals surface area (Å²) in [4.78, 5) is 22.3. The topological polar surface area (TPSA) is 60.5 Å². The Morgan fingerprint density at radius 3 is 2.41 bits per heavy atom. The molecule has 194 valence electrons. The maximum absolute atomic E-state index is 14.0. The number of likely N-dealkylation sites (tertiary alicyclic amines) is 1. The molecule has 0 spiro atoms. The second-order valence-corrected chi connectivity index (χ2v) is 10.4. The predicted molar refractivity (Wildman–Crippen MR) is 146 cm³/mol. The maximum Gasteiger partial charge on any atom is 0.273 e. The summed E-state index contributed by atoms with van der Waals surface area (Å²) < 4.78 is 14.0. The molecule has 6 nitrogen and oxygen atoms in total. The highest BCUT2D eigenvalue weighted by molar-refractivity contribution is 5.99. The molecule has 0 aliphatic carbocycles. The molecule has 5 rings (SSSR count). The van der Waals surface area contributed by atoms with Crippen LogP contribution in [0.4, 0.5) is 10.1 Å². The second-order valence-electron chi connectivity index (χ2n) is 10.4. The van der Waals surface area contributed by atoms with Gasteiger partial charge in [-0.3, -0.25) is 14.7 Å². The summed E-state index contributed by atoms with van der Waals surface area (Å²) in [5, 5.41) is 6.87. The van der Waals surface area contributed by atoms with Crippen molar-refractivity contribution in [3.05, 3.63) is 83.9 Å². The Kier molecular flexibility index (Phi) is 7.82. The lowest BCUT2D eigenvalue weighted by atomic mass is 9.99. The zero-order valence-electron chi connectivity index (χ0n) is 21.7. The van der Waals surface area contributed by atoms with Gasteiger partial charge in [-0.1, -0.05) is 42.5 Å². The third-order valence-corrected chi connectivity index (χ3v) is 7.33. The Bertz CT molecular complexity index is 1200. The van der Waals surface area contributed by atoms with E-state index in [0.717, 1.165) is 43.6 Å². The van der Waals surface area contributed by atoms with Gasteiger partial charge in [0.05, 0.1) is 5.69 Å². The first kappa shape index (κ1) is 25.4. The van der Waals surface area contributed by atoms with Crippen molar-refractivity contribution < 1.29 is 9.18 Å². The number of nitrogens with zero attached hydrogens (tertiary/aromatic N) is 3. The van der Waals surface area contributed by atoms with Gasteiger partial charge in [0.15, 0.2) is 0 Å². The van der Waals surface area contributed by atoms with E-state index in [4.69, 9.17) is 0 Å². The van der Waals surface area contributed by atoms with Crippen molar-refractivity contribution in [3.8, 4) is 11.1 Å². The Morgan fingerprint density at radius 2 is 1.70 bits per heavy atom. The number of carbonyl (C=O) groups excluding carboxylic acids is 1. The first-order chi connectivity index (χ1) is 18.0. The van der Waals surface area contributed by atoms with Gasteiger partial charge in [-0.15, -0.1) is 0 Å². The summed E-state index contributed by atoms with van der Waals surface area (Å²) in [7, 11) is 0. The molecule has 3 aromatic rings. The second kappa shape index (κ2) is 11.4. The van der Waals surface area contributed by atoms with Crippen molar-refractivity contribution in [1.29, 1.82) is 0 Å². The van der Waals surface area contributed by atoms with E-state index in [1.165, 1.54) is 11.6 Å². The van der Waals surface area contributed by atoms with Crippen molar-refractivity contribution in [2.75, 3.05) is 31.5 Å². The zero-order chi connectivity index (χ0) is 25.8. The van der Waals surface area contributed by atoms with Gasteiger partial charge >= 0.3 is 0 Å². The summed E-state index contributed by atoms with van der Waals surface area (Å²) in [6, 6.07) is 20.2. The average molecular weight is 502 g/mol. The van der Waals surface area contributed by atoms with E-state index in [9.17, 15) is 9.18 Å².